The van der Waals surface area contributed by atoms with Crippen molar-refractivity contribution >= 4 is 180 Å². The maximum absolute atomic E-state index is 7.30. The molecule has 1 rings (SSSR count). The van der Waals surface area contributed by atoms with E-state index in [2.05, 4.69) is 0 Å². The quantitative estimate of drug-likeness (QED) is 0.225. The van der Waals surface area contributed by atoms with Crippen LogP contribution >= 0.6 is 139 Å². The Morgan fingerprint density at radius 2 is 0.882 bits per heavy atom. The maximum Gasteiger partial charge on any atom is 0.144 e. The van der Waals surface area contributed by atoms with Crippen LogP contribution in [0.25, 0.3) is 0 Å². The summed E-state index contributed by atoms with van der Waals surface area (Å²) in [5.74, 6) is 0. The molecule has 0 aromatic heterocycles. The highest BCUT2D eigenvalue weighted by Gasteiger charge is 2.83. The van der Waals surface area contributed by atoms with Crippen LogP contribution in [0.1, 0.15) is 18.9 Å². The average molecular weight is 780 g/mol. The third-order valence-corrected chi connectivity index (χ3v) is 20.2. The Morgan fingerprint density at radius 3 is 1.12 bits per heavy atom. The summed E-state index contributed by atoms with van der Waals surface area (Å²) in [6, 6.07) is 8.87. The summed E-state index contributed by atoms with van der Waals surface area (Å²) in [6.45, 7) is 1.79. The van der Waals surface area contributed by atoms with Crippen LogP contribution in [0.3, 0.4) is 0 Å². The number of halogens is 12. The maximum atomic E-state index is 7.30. The second-order valence-corrected chi connectivity index (χ2v) is 24.0. The molecule has 0 spiro atoms. The number of hydrogen-bond donors (Lipinski definition) is 0. The Bertz CT molecular complexity index is 774. The standard InChI is InChI=1S/C18H26Cl12Si4/c1-2-13(15(23,24)9(19)31,16(25,26)10(20)32)14(17(27,28)11(21)33,18(29,30)12(22)34)8-6-4-3-5-7-8/h3-7,9-12H,2H2,1,31-34H3. The normalized spacial score (nSPS) is 21.6. The highest BCUT2D eigenvalue weighted by Crippen LogP contribution is 2.76. The van der Waals surface area contributed by atoms with E-state index in [1.54, 1.807) is 31.2 Å². The van der Waals surface area contributed by atoms with E-state index < -0.39 is 48.2 Å². The second kappa shape index (κ2) is 12.6. The molecule has 0 saturated heterocycles. The Balaban J connectivity index is 4.80. The first-order valence-electron chi connectivity index (χ1n) is 10.3. The van der Waals surface area contributed by atoms with Crippen molar-refractivity contribution in [3.05, 3.63) is 35.9 Å². The van der Waals surface area contributed by atoms with Gasteiger partial charge in [0.25, 0.3) is 0 Å². The SMILES string of the molecule is CCC(C(Cl)(Cl)C([SiH3])Cl)(C(Cl)(Cl)C([SiH3])Cl)C(c1ccccc1)(C(Cl)(Cl)C([SiH3])Cl)C(Cl)(Cl)C([SiH3])Cl. The fourth-order valence-corrected chi connectivity index (χ4v) is 11.2. The first-order valence-corrected chi connectivity index (χ1v) is 19.7. The zero-order chi connectivity index (χ0) is 27.1. The van der Waals surface area contributed by atoms with Gasteiger partial charge >= 0.3 is 0 Å². The smallest absolute Gasteiger partial charge is 0.124 e. The molecule has 0 N–H and O–H groups in total. The summed E-state index contributed by atoms with van der Waals surface area (Å²) in [5.41, 5.74) is -3.16. The van der Waals surface area contributed by atoms with Crippen molar-refractivity contribution in [1.82, 2.24) is 0 Å². The zero-order valence-electron chi connectivity index (χ0n) is 18.9. The Labute approximate surface area is 274 Å². The van der Waals surface area contributed by atoms with Crippen LogP contribution in [-0.4, -0.2) is 78.3 Å². The molecule has 0 fully saturated rings. The summed E-state index contributed by atoms with van der Waals surface area (Å²) < 4.78 is -7.61. The lowest BCUT2D eigenvalue weighted by atomic mass is 9.51. The van der Waals surface area contributed by atoms with Crippen LogP contribution in [0.15, 0.2) is 30.3 Å². The van der Waals surface area contributed by atoms with Crippen LogP contribution < -0.4 is 0 Å². The molecule has 0 aliphatic rings. The summed E-state index contributed by atoms with van der Waals surface area (Å²) in [7, 11) is 1.32. The molecular weight excluding hydrogens is 754 g/mol. The number of rotatable bonds is 11. The van der Waals surface area contributed by atoms with Crippen molar-refractivity contribution in [3.8, 4) is 0 Å². The van der Waals surface area contributed by atoms with Crippen LogP contribution in [0.5, 0.6) is 0 Å². The van der Waals surface area contributed by atoms with Gasteiger partial charge in [0, 0.05) is 51.0 Å². The Kier molecular flexibility index (Phi) is 13.2. The number of alkyl halides is 12. The van der Waals surface area contributed by atoms with Crippen molar-refractivity contribution in [1.29, 1.82) is 0 Å². The van der Waals surface area contributed by atoms with Gasteiger partial charge in [-0.3, -0.25) is 0 Å². The van der Waals surface area contributed by atoms with Crippen LogP contribution in [0.2, 0.25) is 0 Å². The summed E-state index contributed by atoms with van der Waals surface area (Å²) in [6.07, 6.45) is 0.0809. The molecule has 0 aliphatic carbocycles. The molecule has 16 heteroatoms. The summed E-state index contributed by atoms with van der Waals surface area (Å²) >= 11 is 85.1. The van der Waals surface area contributed by atoms with E-state index in [0.717, 1.165) is 0 Å². The van der Waals surface area contributed by atoms with Crippen molar-refractivity contribution < 1.29 is 0 Å². The first-order chi connectivity index (χ1) is 15.2. The van der Waals surface area contributed by atoms with Gasteiger partial charge in [0.1, 0.15) is 17.3 Å². The molecule has 0 aliphatic heterocycles. The van der Waals surface area contributed by atoms with Gasteiger partial charge < -0.3 is 0 Å². The van der Waals surface area contributed by atoms with Crippen LogP contribution in [-0.2, 0) is 5.41 Å². The van der Waals surface area contributed by atoms with Gasteiger partial charge in [0.15, 0.2) is 0 Å². The topological polar surface area (TPSA) is 0 Å². The van der Waals surface area contributed by atoms with E-state index in [-0.39, 0.29) is 6.42 Å². The fraction of sp³-hybridized carbons (Fsp3) is 0.667. The van der Waals surface area contributed by atoms with Crippen LogP contribution in [0.4, 0.5) is 0 Å². The minimum Gasteiger partial charge on any atom is -0.124 e. The molecule has 1 aromatic rings. The van der Waals surface area contributed by atoms with Crippen LogP contribution in [0, 0.1) is 5.41 Å². The number of benzene rings is 1. The average Bonchev–Trinajstić information content (AvgIpc) is 2.71. The van der Waals surface area contributed by atoms with Crippen molar-refractivity contribution in [2.45, 2.75) is 56.1 Å². The molecule has 198 valence electrons. The van der Waals surface area contributed by atoms with Gasteiger partial charge in [-0.2, -0.15) is 0 Å². The minimum atomic E-state index is -1.93. The number of hydrogen-bond acceptors (Lipinski definition) is 0. The van der Waals surface area contributed by atoms with Gasteiger partial charge in [-0.15, -0.1) is 46.4 Å². The van der Waals surface area contributed by atoms with E-state index in [4.69, 9.17) is 139 Å². The molecule has 0 amide bonds. The lowest BCUT2D eigenvalue weighted by Gasteiger charge is -2.69. The monoisotopic (exact) mass is 774 g/mol. The molecular formula is C18H26Cl12Si4. The first kappa shape index (κ1) is 35.6. The predicted octanol–water partition coefficient (Wildman–Crippen LogP) is 4.74. The van der Waals surface area contributed by atoms with Gasteiger partial charge in [-0.25, -0.2) is 0 Å². The molecule has 0 heterocycles. The van der Waals surface area contributed by atoms with Gasteiger partial charge in [0.05, 0.1) is 20.8 Å². The predicted molar refractivity (Wildman–Crippen MR) is 177 cm³/mol. The highest BCUT2D eigenvalue weighted by molar-refractivity contribution is 6.66. The van der Waals surface area contributed by atoms with E-state index in [1.807, 2.05) is 6.07 Å². The third-order valence-electron chi connectivity index (χ3n) is 6.51. The molecule has 4 atom stereocenters. The van der Waals surface area contributed by atoms with E-state index in [0.29, 0.717) is 46.5 Å². The van der Waals surface area contributed by atoms with E-state index in [9.17, 15) is 0 Å². The largest absolute Gasteiger partial charge is 0.144 e. The van der Waals surface area contributed by atoms with Gasteiger partial charge in [0.2, 0.25) is 0 Å². The molecule has 0 saturated carbocycles. The summed E-state index contributed by atoms with van der Waals surface area (Å²) in [5, 5.41) is -3.30. The molecule has 1 aromatic carbocycles. The molecule has 0 nitrogen and oxygen atoms in total. The molecule has 4 unspecified atom stereocenters. The Hall–Kier alpha value is 3.57. The second-order valence-electron chi connectivity index (χ2n) is 8.33. The van der Waals surface area contributed by atoms with Gasteiger partial charge in [-0.1, -0.05) is 130 Å². The molecule has 0 radical (unpaired) electrons. The van der Waals surface area contributed by atoms with Crippen molar-refractivity contribution in [2.75, 3.05) is 0 Å². The summed E-state index contributed by atoms with van der Waals surface area (Å²) in [4.78, 5) is 0. The minimum absolute atomic E-state index is 0.0809. The van der Waals surface area contributed by atoms with Gasteiger partial charge in [-0.05, 0) is 12.0 Å². The lowest BCUT2D eigenvalue weighted by molar-refractivity contribution is 0.0438. The Morgan fingerprint density at radius 1 is 0.588 bits per heavy atom. The highest BCUT2D eigenvalue weighted by atomic mass is 35.5. The molecule has 34 heavy (non-hydrogen) atoms. The molecule has 0 bridgehead atoms. The van der Waals surface area contributed by atoms with E-state index in [1.165, 1.54) is 0 Å². The third kappa shape index (κ3) is 5.30. The fourth-order valence-electron chi connectivity index (χ4n) is 4.85. The van der Waals surface area contributed by atoms with E-state index >= 15 is 0 Å². The van der Waals surface area contributed by atoms with Crippen molar-refractivity contribution in [2.24, 2.45) is 5.41 Å². The van der Waals surface area contributed by atoms with Crippen molar-refractivity contribution in [3.63, 3.8) is 0 Å². The zero-order valence-corrected chi connectivity index (χ0v) is 36.0. The lowest BCUT2D eigenvalue weighted by Crippen LogP contribution is -2.79.